The molecule has 2 rings (SSSR count). The molecule has 1 aromatic carbocycles. The van der Waals surface area contributed by atoms with Gasteiger partial charge in [0.1, 0.15) is 0 Å². The Morgan fingerprint density at radius 1 is 1.05 bits per heavy atom. The summed E-state index contributed by atoms with van der Waals surface area (Å²) in [7, 11) is 0. The van der Waals surface area contributed by atoms with E-state index in [2.05, 4.69) is 15.6 Å². The van der Waals surface area contributed by atoms with E-state index < -0.39 is 0 Å². The number of pyridine rings is 1. The van der Waals surface area contributed by atoms with Crippen LogP contribution >= 0.6 is 0 Å². The van der Waals surface area contributed by atoms with Crippen molar-refractivity contribution in [2.24, 2.45) is 0 Å². The molecular formula is C16H17N3O2. The van der Waals surface area contributed by atoms with Gasteiger partial charge in [0, 0.05) is 24.6 Å². The van der Waals surface area contributed by atoms with Crippen molar-refractivity contribution in [1.82, 2.24) is 10.3 Å². The fraction of sp³-hybridized carbons (Fsp3) is 0.188. The van der Waals surface area contributed by atoms with E-state index in [9.17, 15) is 9.59 Å². The molecule has 5 heteroatoms. The fourth-order valence-electron chi connectivity index (χ4n) is 1.75. The molecule has 0 unspecified atom stereocenters. The highest BCUT2D eigenvalue weighted by atomic mass is 16.2. The minimum absolute atomic E-state index is 0.223. The second-order valence-corrected chi connectivity index (χ2v) is 4.54. The minimum atomic E-state index is -0.293. The number of benzene rings is 1. The van der Waals surface area contributed by atoms with Crippen molar-refractivity contribution < 1.29 is 9.59 Å². The van der Waals surface area contributed by atoms with Crippen LogP contribution in [0, 0.1) is 0 Å². The minimum Gasteiger partial charge on any atom is -0.352 e. The van der Waals surface area contributed by atoms with Crippen molar-refractivity contribution in [3.63, 3.8) is 0 Å². The lowest BCUT2D eigenvalue weighted by atomic mass is 10.2. The lowest BCUT2D eigenvalue weighted by Gasteiger charge is -2.07. The smallest absolute Gasteiger partial charge is 0.257 e. The number of nitrogens with one attached hydrogen (secondary N) is 2. The number of amides is 2. The number of para-hydroxylation sites is 1. The highest BCUT2D eigenvalue weighted by molar-refractivity contribution is 6.05. The van der Waals surface area contributed by atoms with E-state index in [1.54, 1.807) is 12.1 Å². The second kappa shape index (κ2) is 7.19. The fourth-order valence-corrected chi connectivity index (χ4v) is 1.75. The Hall–Kier alpha value is -2.69. The van der Waals surface area contributed by atoms with Gasteiger partial charge >= 0.3 is 0 Å². The predicted molar refractivity (Wildman–Crippen MR) is 81.3 cm³/mol. The second-order valence-electron chi connectivity index (χ2n) is 4.54. The van der Waals surface area contributed by atoms with Gasteiger partial charge in [0.15, 0.2) is 0 Å². The third-order valence-electron chi connectivity index (χ3n) is 2.83. The van der Waals surface area contributed by atoms with E-state index in [0.29, 0.717) is 23.4 Å². The monoisotopic (exact) mass is 283 g/mol. The van der Waals surface area contributed by atoms with Crippen molar-refractivity contribution in [3.8, 4) is 0 Å². The summed E-state index contributed by atoms with van der Waals surface area (Å²) in [5.41, 5.74) is 1.43. The molecule has 21 heavy (non-hydrogen) atoms. The summed E-state index contributed by atoms with van der Waals surface area (Å²) < 4.78 is 0. The van der Waals surface area contributed by atoms with Crippen LogP contribution in [-0.4, -0.2) is 23.3 Å². The predicted octanol–water partition coefficient (Wildman–Crippen LogP) is 2.47. The Morgan fingerprint density at radius 2 is 1.71 bits per heavy atom. The lowest BCUT2D eigenvalue weighted by molar-refractivity contribution is 0.0953. The maximum Gasteiger partial charge on any atom is 0.257 e. The van der Waals surface area contributed by atoms with Crippen molar-refractivity contribution >= 4 is 17.5 Å². The first-order valence-electron chi connectivity index (χ1n) is 6.80. The van der Waals surface area contributed by atoms with Gasteiger partial charge in [-0.05, 0) is 24.6 Å². The van der Waals surface area contributed by atoms with E-state index in [1.165, 1.54) is 18.5 Å². The summed E-state index contributed by atoms with van der Waals surface area (Å²) in [4.78, 5) is 27.9. The molecule has 0 aliphatic heterocycles. The third-order valence-corrected chi connectivity index (χ3v) is 2.83. The van der Waals surface area contributed by atoms with Crippen LogP contribution in [0.25, 0.3) is 0 Å². The molecule has 0 radical (unpaired) electrons. The average Bonchev–Trinajstić information content (AvgIpc) is 2.53. The number of hydrogen-bond acceptors (Lipinski definition) is 3. The lowest BCUT2D eigenvalue weighted by Crippen LogP contribution is -2.24. The molecule has 0 bridgehead atoms. The van der Waals surface area contributed by atoms with Gasteiger partial charge in [0.2, 0.25) is 0 Å². The normalized spacial score (nSPS) is 9.95. The Morgan fingerprint density at radius 3 is 2.38 bits per heavy atom. The van der Waals surface area contributed by atoms with Crippen LogP contribution in [0.4, 0.5) is 5.69 Å². The van der Waals surface area contributed by atoms with Gasteiger partial charge < -0.3 is 10.6 Å². The zero-order chi connectivity index (χ0) is 15.1. The van der Waals surface area contributed by atoms with Crippen LogP contribution in [0.1, 0.15) is 34.1 Å². The van der Waals surface area contributed by atoms with Crippen LogP contribution in [0.15, 0.2) is 48.8 Å². The Bertz CT molecular complexity index is 626. The molecule has 2 N–H and O–H groups in total. The highest BCUT2D eigenvalue weighted by Gasteiger charge is 2.11. The van der Waals surface area contributed by atoms with Gasteiger partial charge in [0.05, 0.1) is 11.1 Å². The SMILES string of the molecule is CCCNC(=O)c1cncc(C(=O)Nc2ccccc2)c1. The first-order chi connectivity index (χ1) is 10.2. The van der Waals surface area contributed by atoms with Crippen LogP contribution < -0.4 is 10.6 Å². The molecule has 1 aromatic heterocycles. The van der Waals surface area contributed by atoms with Crippen LogP contribution in [0.5, 0.6) is 0 Å². The van der Waals surface area contributed by atoms with Gasteiger partial charge in [-0.15, -0.1) is 0 Å². The molecule has 0 saturated carbocycles. The van der Waals surface area contributed by atoms with Crippen molar-refractivity contribution in [2.75, 3.05) is 11.9 Å². The molecule has 5 nitrogen and oxygen atoms in total. The van der Waals surface area contributed by atoms with Gasteiger partial charge in [-0.25, -0.2) is 0 Å². The quantitative estimate of drug-likeness (QED) is 0.885. The summed E-state index contributed by atoms with van der Waals surface area (Å²) in [6.45, 7) is 2.57. The number of carbonyl (C=O) groups excluding carboxylic acids is 2. The zero-order valence-corrected chi connectivity index (χ0v) is 11.8. The summed E-state index contributed by atoms with van der Waals surface area (Å²) >= 11 is 0. The van der Waals surface area contributed by atoms with E-state index in [4.69, 9.17) is 0 Å². The summed E-state index contributed by atoms with van der Waals surface area (Å²) in [6.07, 6.45) is 3.74. The average molecular weight is 283 g/mol. The van der Waals surface area contributed by atoms with E-state index in [0.717, 1.165) is 6.42 Å². The first kappa shape index (κ1) is 14.7. The number of aromatic nitrogens is 1. The highest BCUT2D eigenvalue weighted by Crippen LogP contribution is 2.09. The van der Waals surface area contributed by atoms with E-state index in [1.807, 2.05) is 25.1 Å². The third kappa shape index (κ3) is 4.14. The molecule has 0 fully saturated rings. The van der Waals surface area contributed by atoms with Crippen LogP contribution in [0.3, 0.4) is 0 Å². The maximum absolute atomic E-state index is 12.1. The zero-order valence-electron chi connectivity index (χ0n) is 11.8. The summed E-state index contributed by atoms with van der Waals surface area (Å²) in [5, 5.41) is 5.51. The standard InChI is InChI=1S/C16H17N3O2/c1-2-8-18-15(20)12-9-13(11-17-10-12)16(21)19-14-6-4-3-5-7-14/h3-7,9-11H,2,8H2,1H3,(H,18,20)(H,19,21). The van der Waals surface area contributed by atoms with E-state index in [-0.39, 0.29) is 11.8 Å². The molecule has 1 heterocycles. The number of carbonyl (C=O) groups is 2. The molecule has 0 aliphatic carbocycles. The number of rotatable bonds is 5. The molecule has 0 spiro atoms. The molecule has 0 aliphatic rings. The summed E-state index contributed by atoms with van der Waals surface area (Å²) in [6, 6.07) is 10.7. The molecular weight excluding hydrogens is 266 g/mol. The van der Waals surface area contributed by atoms with Gasteiger partial charge in [-0.2, -0.15) is 0 Å². The molecule has 2 aromatic rings. The van der Waals surface area contributed by atoms with E-state index >= 15 is 0 Å². The summed E-state index contributed by atoms with van der Waals surface area (Å²) in [5.74, 6) is -0.516. The molecule has 2 amide bonds. The van der Waals surface area contributed by atoms with Crippen molar-refractivity contribution in [1.29, 1.82) is 0 Å². The topological polar surface area (TPSA) is 71.1 Å². The van der Waals surface area contributed by atoms with Gasteiger partial charge in [0.25, 0.3) is 11.8 Å². The molecule has 108 valence electrons. The number of anilines is 1. The number of nitrogens with zero attached hydrogens (tertiary/aromatic N) is 1. The maximum atomic E-state index is 12.1. The molecule has 0 saturated heterocycles. The Labute approximate surface area is 123 Å². The van der Waals surface area contributed by atoms with Crippen molar-refractivity contribution in [2.45, 2.75) is 13.3 Å². The number of hydrogen-bond donors (Lipinski definition) is 2. The van der Waals surface area contributed by atoms with Crippen LogP contribution in [-0.2, 0) is 0 Å². The Kier molecular flexibility index (Phi) is 5.04. The first-order valence-corrected chi connectivity index (χ1v) is 6.80. The molecule has 0 atom stereocenters. The largest absolute Gasteiger partial charge is 0.352 e. The van der Waals surface area contributed by atoms with Crippen molar-refractivity contribution in [3.05, 3.63) is 59.9 Å². The Balaban J connectivity index is 2.10. The van der Waals surface area contributed by atoms with Gasteiger partial charge in [-0.1, -0.05) is 25.1 Å². The van der Waals surface area contributed by atoms with Crippen LogP contribution in [0.2, 0.25) is 0 Å². The van der Waals surface area contributed by atoms with Gasteiger partial charge in [-0.3, -0.25) is 14.6 Å².